The fourth-order valence-corrected chi connectivity index (χ4v) is 1.96. The molecule has 0 aliphatic heterocycles. The van der Waals surface area contributed by atoms with Crippen LogP contribution in [0.15, 0.2) is 0 Å². The lowest BCUT2D eigenvalue weighted by molar-refractivity contribution is -0.151. The number of ketones is 1. The van der Waals surface area contributed by atoms with Gasteiger partial charge in [0.2, 0.25) is 0 Å². The van der Waals surface area contributed by atoms with Crippen LogP contribution in [0.4, 0.5) is 0 Å². The van der Waals surface area contributed by atoms with E-state index in [9.17, 15) is 9.59 Å². The Morgan fingerprint density at radius 3 is 2.79 bits per heavy atom. The average Bonchev–Trinajstić information content (AvgIpc) is 2.31. The summed E-state index contributed by atoms with van der Waals surface area (Å²) in [5.74, 6) is -1.20. The summed E-state index contributed by atoms with van der Waals surface area (Å²) in [6, 6.07) is 0. The fourth-order valence-electron chi connectivity index (χ4n) is 1.65. The van der Waals surface area contributed by atoms with Crippen LogP contribution in [0.2, 0.25) is 0 Å². The molecule has 0 heterocycles. The molecule has 0 aromatic carbocycles. The van der Waals surface area contributed by atoms with Gasteiger partial charge in [0.05, 0.1) is 12.0 Å². The number of halogens is 1. The summed E-state index contributed by atoms with van der Waals surface area (Å²) in [6.45, 7) is 2.05. The number of hydrogen-bond acceptors (Lipinski definition) is 3. The topological polar surface area (TPSA) is 43.4 Å². The molecule has 2 unspecified atom stereocenters. The van der Waals surface area contributed by atoms with E-state index in [0.29, 0.717) is 19.4 Å². The van der Waals surface area contributed by atoms with Crippen molar-refractivity contribution in [2.45, 2.75) is 38.0 Å². The normalized spacial score (nSPS) is 28.3. The Kier molecular flexibility index (Phi) is 4.39. The molecule has 0 amide bonds. The van der Waals surface area contributed by atoms with Crippen molar-refractivity contribution < 1.29 is 14.3 Å². The zero-order valence-electron chi connectivity index (χ0n) is 8.29. The molecule has 4 heteroatoms. The summed E-state index contributed by atoms with van der Waals surface area (Å²) < 4.78 is 4.84. The summed E-state index contributed by atoms with van der Waals surface area (Å²) in [4.78, 5) is 23.0. The van der Waals surface area contributed by atoms with Gasteiger partial charge < -0.3 is 4.74 Å². The quantitative estimate of drug-likeness (QED) is 0.308. The van der Waals surface area contributed by atoms with Gasteiger partial charge in [-0.25, -0.2) is 0 Å². The predicted octanol–water partition coefficient (Wildman–Crippen LogP) is 1.92. The molecule has 0 N–H and O–H groups in total. The summed E-state index contributed by atoms with van der Waals surface area (Å²) >= 11 is 5.85. The standard InChI is InChI=1S/C10H15ClO3/c1-2-14-10(13)7-5-3-4-6-8(11)9(7)12/h7-8H,2-6H2,1H3. The SMILES string of the molecule is CCOC(=O)C1CCCCC(Cl)C1=O. The van der Waals surface area contributed by atoms with Crippen molar-refractivity contribution >= 4 is 23.4 Å². The number of alkyl halides is 1. The van der Waals surface area contributed by atoms with Gasteiger partial charge in [-0.05, 0) is 19.8 Å². The first-order valence-corrected chi connectivity index (χ1v) is 5.45. The van der Waals surface area contributed by atoms with Crippen LogP contribution < -0.4 is 0 Å². The van der Waals surface area contributed by atoms with Gasteiger partial charge in [0.25, 0.3) is 0 Å². The molecular weight excluding hydrogens is 204 g/mol. The molecule has 1 aliphatic rings. The van der Waals surface area contributed by atoms with Crippen LogP contribution >= 0.6 is 11.6 Å². The molecule has 0 saturated heterocycles. The van der Waals surface area contributed by atoms with Crippen molar-refractivity contribution in [2.24, 2.45) is 5.92 Å². The number of Topliss-reactive ketones (excluding diaryl/α,β-unsaturated/α-hetero) is 1. The summed E-state index contributed by atoms with van der Waals surface area (Å²) in [7, 11) is 0. The third-order valence-electron chi connectivity index (χ3n) is 2.42. The van der Waals surface area contributed by atoms with Crippen molar-refractivity contribution in [3.8, 4) is 0 Å². The Bertz CT molecular complexity index is 227. The molecule has 1 fully saturated rings. The van der Waals surface area contributed by atoms with E-state index in [4.69, 9.17) is 16.3 Å². The lowest BCUT2D eigenvalue weighted by atomic mass is 9.99. The van der Waals surface area contributed by atoms with E-state index in [1.165, 1.54) is 0 Å². The second kappa shape index (κ2) is 5.35. The molecule has 0 radical (unpaired) electrons. The Hall–Kier alpha value is -0.570. The van der Waals surface area contributed by atoms with Crippen LogP contribution in [0, 0.1) is 5.92 Å². The van der Waals surface area contributed by atoms with Crippen LogP contribution in [0.1, 0.15) is 32.6 Å². The van der Waals surface area contributed by atoms with Gasteiger partial charge >= 0.3 is 5.97 Å². The van der Waals surface area contributed by atoms with E-state index in [2.05, 4.69) is 0 Å². The molecule has 0 bridgehead atoms. The van der Waals surface area contributed by atoms with Crippen molar-refractivity contribution in [2.75, 3.05) is 6.61 Å². The van der Waals surface area contributed by atoms with Crippen molar-refractivity contribution in [3.05, 3.63) is 0 Å². The lowest BCUT2D eigenvalue weighted by Crippen LogP contribution is -2.30. The maximum Gasteiger partial charge on any atom is 0.316 e. The predicted molar refractivity (Wildman–Crippen MR) is 53.2 cm³/mol. The molecule has 0 aromatic heterocycles. The van der Waals surface area contributed by atoms with Crippen molar-refractivity contribution in [3.63, 3.8) is 0 Å². The smallest absolute Gasteiger partial charge is 0.316 e. The summed E-state index contributed by atoms with van der Waals surface area (Å²) in [5.41, 5.74) is 0. The van der Waals surface area contributed by atoms with Crippen molar-refractivity contribution in [1.29, 1.82) is 0 Å². The van der Waals surface area contributed by atoms with E-state index in [1.54, 1.807) is 6.92 Å². The zero-order chi connectivity index (χ0) is 10.6. The minimum Gasteiger partial charge on any atom is -0.465 e. The highest BCUT2D eigenvalue weighted by atomic mass is 35.5. The van der Waals surface area contributed by atoms with Gasteiger partial charge in [-0.1, -0.05) is 12.8 Å². The van der Waals surface area contributed by atoms with E-state index >= 15 is 0 Å². The van der Waals surface area contributed by atoms with Crippen LogP contribution in [0.25, 0.3) is 0 Å². The number of carbonyl (C=O) groups excluding carboxylic acids is 2. The van der Waals surface area contributed by atoms with Gasteiger partial charge in [0, 0.05) is 0 Å². The molecule has 0 spiro atoms. The molecule has 3 nitrogen and oxygen atoms in total. The Balaban J connectivity index is 2.64. The van der Waals surface area contributed by atoms with Crippen LogP contribution in [-0.4, -0.2) is 23.7 Å². The Morgan fingerprint density at radius 1 is 1.50 bits per heavy atom. The molecule has 1 saturated carbocycles. The number of ether oxygens (including phenoxy) is 1. The Morgan fingerprint density at radius 2 is 2.14 bits per heavy atom. The average molecular weight is 219 g/mol. The summed E-state index contributed by atoms with van der Waals surface area (Å²) in [5, 5.41) is -0.507. The highest BCUT2D eigenvalue weighted by Gasteiger charge is 2.33. The third-order valence-corrected chi connectivity index (χ3v) is 2.86. The first kappa shape index (κ1) is 11.5. The first-order chi connectivity index (χ1) is 6.66. The zero-order valence-corrected chi connectivity index (χ0v) is 9.05. The van der Waals surface area contributed by atoms with Crippen LogP contribution in [0.5, 0.6) is 0 Å². The minimum absolute atomic E-state index is 0.164. The first-order valence-electron chi connectivity index (χ1n) is 5.01. The maximum absolute atomic E-state index is 11.6. The van der Waals surface area contributed by atoms with Crippen molar-refractivity contribution in [1.82, 2.24) is 0 Å². The highest BCUT2D eigenvalue weighted by Crippen LogP contribution is 2.24. The number of carbonyl (C=O) groups is 2. The molecule has 1 rings (SSSR count). The van der Waals surface area contributed by atoms with Gasteiger partial charge in [0.1, 0.15) is 5.92 Å². The number of esters is 1. The Labute approximate surface area is 88.8 Å². The molecular formula is C10H15ClO3. The maximum atomic E-state index is 11.6. The summed E-state index contributed by atoms with van der Waals surface area (Å²) in [6.07, 6.45) is 3.05. The van der Waals surface area contributed by atoms with Gasteiger partial charge in [0.15, 0.2) is 5.78 Å². The van der Waals surface area contributed by atoms with E-state index < -0.39 is 17.3 Å². The molecule has 2 atom stereocenters. The molecule has 1 aliphatic carbocycles. The largest absolute Gasteiger partial charge is 0.465 e. The van der Waals surface area contributed by atoms with E-state index in [1.807, 2.05) is 0 Å². The van der Waals surface area contributed by atoms with Gasteiger partial charge in [-0.3, -0.25) is 9.59 Å². The van der Waals surface area contributed by atoms with Crippen LogP contribution in [-0.2, 0) is 14.3 Å². The second-order valence-corrected chi connectivity index (χ2v) is 3.99. The lowest BCUT2D eigenvalue weighted by Gasteiger charge is -2.12. The molecule has 80 valence electrons. The second-order valence-electron chi connectivity index (χ2n) is 3.46. The monoisotopic (exact) mass is 218 g/mol. The third kappa shape index (κ3) is 2.71. The fraction of sp³-hybridized carbons (Fsp3) is 0.800. The number of rotatable bonds is 2. The van der Waals surface area contributed by atoms with Crippen LogP contribution in [0.3, 0.4) is 0 Å². The molecule has 14 heavy (non-hydrogen) atoms. The van der Waals surface area contributed by atoms with Gasteiger partial charge in [-0.2, -0.15) is 0 Å². The van der Waals surface area contributed by atoms with E-state index in [-0.39, 0.29) is 5.78 Å². The van der Waals surface area contributed by atoms with E-state index in [0.717, 1.165) is 12.8 Å². The minimum atomic E-state index is -0.625. The van der Waals surface area contributed by atoms with Gasteiger partial charge in [-0.15, -0.1) is 11.6 Å². The molecule has 0 aromatic rings. The highest BCUT2D eigenvalue weighted by molar-refractivity contribution is 6.32. The number of hydrogen-bond donors (Lipinski definition) is 0.